The van der Waals surface area contributed by atoms with Gasteiger partial charge in [0.2, 0.25) is 0 Å². The highest BCUT2D eigenvalue weighted by atomic mass is 32.2. The van der Waals surface area contributed by atoms with E-state index in [0.717, 1.165) is 17.8 Å². The third kappa shape index (κ3) is 5.80. The van der Waals surface area contributed by atoms with Crippen LogP contribution in [0.25, 0.3) is 84.5 Å². The minimum absolute atomic E-state index is 0.459. The first kappa shape index (κ1) is 38.4. The summed E-state index contributed by atoms with van der Waals surface area (Å²) in [5.74, 6) is 0.931. The second-order valence-electron chi connectivity index (χ2n) is 17.9. The number of allylic oxidation sites excluding steroid dienone is 6. The van der Waals surface area contributed by atoms with Crippen molar-refractivity contribution in [2.45, 2.75) is 18.6 Å². The summed E-state index contributed by atoms with van der Waals surface area (Å²) in [6.45, 7) is 2.40. The van der Waals surface area contributed by atoms with E-state index in [0.29, 0.717) is 17.1 Å². The van der Waals surface area contributed by atoms with Crippen molar-refractivity contribution >= 4 is 119 Å². The number of fused-ring (bicyclic) bond motifs is 13. The predicted molar refractivity (Wildman–Crippen MR) is 289 cm³/mol. The average molecular weight is 899 g/mol. The summed E-state index contributed by atoms with van der Waals surface area (Å²) in [4.78, 5) is 3.99. The second kappa shape index (κ2) is 15.1. The molecule has 14 rings (SSSR count). The number of hydrogen-bond donors (Lipinski definition) is 0. The number of benzene rings is 8. The summed E-state index contributed by atoms with van der Waals surface area (Å²) in [7, 11) is 0. The van der Waals surface area contributed by atoms with E-state index in [2.05, 4.69) is 234 Å². The van der Waals surface area contributed by atoms with Crippen LogP contribution >= 0.6 is 34.4 Å². The van der Waals surface area contributed by atoms with Crippen LogP contribution < -0.4 is 4.90 Å². The standard InChI is InChI=1S/C61H42N2S3/c1-37-25-34-48-45-16-7-10-24-55(45)65-60(48)56(37)39-28-32-42(33-29-39)62(41-30-26-38(27-31-41)43-18-11-19-46-44-15-6-9-23-54(44)64-58(43)46)53-22-12-20-47-49-35-36-52-57(61(49)66-59(47)53)50-17-5-8-21-51(50)63(52)40-13-3-2-4-14-40/h2-24,26-37,45,55H,25H2,1H3/t37-,45?,55?/m0/s1. The van der Waals surface area contributed by atoms with Crippen LogP contribution in [0.1, 0.15) is 18.9 Å². The van der Waals surface area contributed by atoms with Gasteiger partial charge < -0.3 is 9.47 Å². The van der Waals surface area contributed by atoms with Crippen LogP contribution in [0.3, 0.4) is 0 Å². The maximum atomic E-state index is 2.52. The summed E-state index contributed by atoms with van der Waals surface area (Å²) in [5.41, 5.74) is 14.0. The van der Waals surface area contributed by atoms with Crippen molar-refractivity contribution in [1.29, 1.82) is 0 Å². The molecule has 1 aliphatic heterocycles. The van der Waals surface area contributed by atoms with Crippen molar-refractivity contribution in [3.63, 3.8) is 0 Å². The van der Waals surface area contributed by atoms with Gasteiger partial charge in [-0.3, -0.25) is 0 Å². The molecule has 0 bridgehead atoms. The molecule has 0 N–H and O–H groups in total. The molecule has 11 aromatic rings. The first-order valence-electron chi connectivity index (χ1n) is 23.0. The van der Waals surface area contributed by atoms with Gasteiger partial charge in [0.15, 0.2) is 0 Å². The Balaban J connectivity index is 0.948. The van der Waals surface area contributed by atoms with Crippen LogP contribution in [0.15, 0.2) is 217 Å². The lowest BCUT2D eigenvalue weighted by Crippen LogP contribution is -2.12. The Morgan fingerprint density at radius 1 is 0.530 bits per heavy atom. The molecule has 2 nitrogen and oxygen atoms in total. The Morgan fingerprint density at radius 3 is 2.05 bits per heavy atom. The molecule has 3 atom stereocenters. The number of para-hydroxylation sites is 2. The van der Waals surface area contributed by atoms with E-state index >= 15 is 0 Å². The number of aromatic nitrogens is 1. The molecule has 0 radical (unpaired) electrons. The molecule has 3 aliphatic rings. The van der Waals surface area contributed by atoms with Crippen LogP contribution in [0, 0.1) is 11.8 Å². The van der Waals surface area contributed by atoms with Crippen molar-refractivity contribution in [2.75, 3.05) is 4.90 Å². The third-order valence-corrected chi connectivity index (χ3v) is 18.1. The Hall–Kier alpha value is -6.89. The first-order valence-corrected chi connectivity index (χ1v) is 25.5. The molecule has 314 valence electrons. The lowest BCUT2D eigenvalue weighted by atomic mass is 9.80. The molecule has 0 amide bonds. The summed E-state index contributed by atoms with van der Waals surface area (Å²) >= 11 is 5.88. The molecule has 66 heavy (non-hydrogen) atoms. The minimum Gasteiger partial charge on any atom is -0.309 e. The van der Waals surface area contributed by atoms with Gasteiger partial charge in [-0.05, 0) is 101 Å². The summed E-state index contributed by atoms with van der Waals surface area (Å²) in [6, 6.07) is 65.6. The van der Waals surface area contributed by atoms with E-state index in [1.165, 1.54) is 106 Å². The molecule has 0 spiro atoms. The third-order valence-electron chi connectivity index (χ3n) is 14.2. The van der Waals surface area contributed by atoms with Crippen LogP contribution in [-0.4, -0.2) is 9.82 Å². The number of anilines is 3. The number of nitrogens with zero attached hydrogens (tertiary/aromatic N) is 2. The number of thiophene rings is 2. The Bertz CT molecular complexity index is 3900. The smallest absolute Gasteiger partial charge is 0.0640 e. The Labute approximate surface area is 395 Å². The number of rotatable bonds is 6. The lowest BCUT2D eigenvalue weighted by molar-refractivity contribution is 0.727. The van der Waals surface area contributed by atoms with Gasteiger partial charge in [-0.15, -0.1) is 34.4 Å². The highest BCUT2D eigenvalue weighted by molar-refractivity contribution is 8.04. The Kier molecular flexibility index (Phi) is 8.77. The Morgan fingerprint density at radius 2 is 1.21 bits per heavy atom. The van der Waals surface area contributed by atoms with E-state index < -0.39 is 0 Å². The quantitative estimate of drug-likeness (QED) is 0.164. The van der Waals surface area contributed by atoms with E-state index in [-0.39, 0.29) is 0 Å². The zero-order valence-corrected chi connectivity index (χ0v) is 38.6. The van der Waals surface area contributed by atoms with E-state index in [4.69, 9.17) is 0 Å². The van der Waals surface area contributed by atoms with Crippen LogP contribution in [0.5, 0.6) is 0 Å². The fourth-order valence-corrected chi connectivity index (χ4v) is 15.4. The van der Waals surface area contributed by atoms with Gasteiger partial charge in [0.25, 0.3) is 0 Å². The van der Waals surface area contributed by atoms with Crippen LogP contribution in [-0.2, 0) is 0 Å². The largest absolute Gasteiger partial charge is 0.309 e. The maximum Gasteiger partial charge on any atom is 0.0640 e. The fourth-order valence-electron chi connectivity index (χ4n) is 11.2. The normalized spacial score (nSPS) is 18.0. The van der Waals surface area contributed by atoms with E-state index in [1.54, 1.807) is 0 Å². The van der Waals surface area contributed by atoms with E-state index in [9.17, 15) is 0 Å². The van der Waals surface area contributed by atoms with Crippen molar-refractivity contribution < 1.29 is 0 Å². The monoisotopic (exact) mass is 898 g/mol. The molecule has 1 saturated heterocycles. The molecule has 5 heteroatoms. The van der Waals surface area contributed by atoms with Crippen molar-refractivity contribution in [3.05, 3.63) is 222 Å². The van der Waals surface area contributed by atoms with Gasteiger partial charge in [-0.1, -0.05) is 153 Å². The molecule has 8 aromatic carbocycles. The zero-order valence-electron chi connectivity index (χ0n) is 36.2. The second-order valence-corrected chi connectivity index (χ2v) is 21.2. The van der Waals surface area contributed by atoms with Gasteiger partial charge in [0.1, 0.15) is 0 Å². The van der Waals surface area contributed by atoms with Gasteiger partial charge >= 0.3 is 0 Å². The van der Waals surface area contributed by atoms with Crippen LogP contribution in [0.2, 0.25) is 0 Å². The topological polar surface area (TPSA) is 8.17 Å². The summed E-state index contributed by atoms with van der Waals surface area (Å²) in [5, 5.41) is 8.31. The highest BCUT2D eigenvalue weighted by Crippen LogP contribution is 2.56. The number of hydrogen-bond acceptors (Lipinski definition) is 4. The summed E-state index contributed by atoms with van der Waals surface area (Å²) < 4.78 is 7.70. The molecule has 2 aliphatic carbocycles. The maximum absolute atomic E-state index is 2.52. The first-order chi connectivity index (χ1) is 32.7. The molecule has 1 fully saturated rings. The van der Waals surface area contributed by atoms with Crippen LogP contribution in [0.4, 0.5) is 17.1 Å². The fraction of sp³-hybridized carbons (Fsp3) is 0.0820. The summed E-state index contributed by atoms with van der Waals surface area (Å²) in [6.07, 6.45) is 12.8. The van der Waals surface area contributed by atoms with Gasteiger partial charge in [-0.2, -0.15) is 0 Å². The molecule has 2 unspecified atom stereocenters. The minimum atomic E-state index is 0.459. The molecule has 3 aromatic heterocycles. The van der Waals surface area contributed by atoms with E-state index in [1.807, 2.05) is 22.7 Å². The van der Waals surface area contributed by atoms with Gasteiger partial charge in [-0.25, -0.2) is 0 Å². The van der Waals surface area contributed by atoms with Crippen molar-refractivity contribution in [2.24, 2.45) is 11.8 Å². The highest BCUT2D eigenvalue weighted by Gasteiger charge is 2.38. The van der Waals surface area contributed by atoms with Crippen molar-refractivity contribution in [3.8, 4) is 16.8 Å². The molecule has 4 heterocycles. The average Bonchev–Trinajstić information content (AvgIpc) is 4.14. The van der Waals surface area contributed by atoms with Gasteiger partial charge in [0.05, 0.1) is 21.4 Å². The zero-order chi connectivity index (χ0) is 43.5. The molecular formula is C61H42N2S3. The predicted octanol–water partition coefficient (Wildman–Crippen LogP) is 18.2. The van der Waals surface area contributed by atoms with Crippen molar-refractivity contribution in [1.82, 2.24) is 4.57 Å². The lowest BCUT2D eigenvalue weighted by Gasteiger charge is -2.28. The molecule has 0 saturated carbocycles. The SMILES string of the molecule is C[C@H]1CC=C2C(=C1c1ccc(N(c3ccc(-c4cccc5c4sc4ccccc45)cc3)c3cccc4c3sc3c4ccc4c3c3ccccc3n4-c3ccccc3)cc1)SC1C=CC=CC21. The number of thioether (sulfide) groups is 1. The van der Waals surface area contributed by atoms with Gasteiger partial charge in [0, 0.05) is 79.6 Å². The molecular weight excluding hydrogens is 857 g/mol.